The van der Waals surface area contributed by atoms with Crippen LogP contribution in [0.4, 0.5) is 5.69 Å². The highest BCUT2D eigenvalue weighted by Crippen LogP contribution is 2.14. The van der Waals surface area contributed by atoms with Crippen LogP contribution in [-0.2, 0) is 9.84 Å². The van der Waals surface area contributed by atoms with Gasteiger partial charge in [0.25, 0.3) is 0 Å². The predicted octanol–water partition coefficient (Wildman–Crippen LogP) is 1.04. The van der Waals surface area contributed by atoms with Gasteiger partial charge in [-0.15, -0.1) is 0 Å². The van der Waals surface area contributed by atoms with Gasteiger partial charge in [-0.3, -0.25) is 0 Å². The molecular formula is C13H21N3O3S. The highest BCUT2D eigenvalue weighted by atomic mass is 32.2. The van der Waals surface area contributed by atoms with E-state index in [1.165, 1.54) is 0 Å². The van der Waals surface area contributed by atoms with Gasteiger partial charge in [0.1, 0.15) is 0 Å². The number of benzene rings is 1. The second-order valence-corrected chi connectivity index (χ2v) is 6.91. The molecule has 0 bridgehead atoms. The molecular weight excluding hydrogens is 278 g/mol. The Kier molecular flexibility index (Phi) is 5.82. The molecule has 6 nitrogen and oxygen atoms in total. The molecule has 7 heteroatoms. The Hall–Kier alpha value is -1.76. The molecule has 0 heterocycles. The predicted molar refractivity (Wildman–Crippen MR) is 81.2 cm³/mol. The Labute approximate surface area is 119 Å². The molecule has 0 aromatic heterocycles. The zero-order valence-electron chi connectivity index (χ0n) is 11.8. The fourth-order valence-electron chi connectivity index (χ4n) is 1.76. The van der Waals surface area contributed by atoms with Gasteiger partial charge in [0.15, 0.2) is 15.7 Å². The molecule has 0 spiro atoms. The van der Waals surface area contributed by atoms with Crippen molar-refractivity contribution >= 4 is 21.4 Å². The Morgan fingerprint density at radius 1 is 1.30 bits per heavy atom. The molecule has 0 atom stereocenters. The highest BCUT2D eigenvalue weighted by molar-refractivity contribution is 7.91. The molecule has 1 rings (SSSR count). The van der Waals surface area contributed by atoms with Gasteiger partial charge in [-0.2, -0.15) is 0 Å². The minimum Gasteiger partial charge on any atom is -0.409 e. The van der Waals surface area contributed by atoms with Crippen molar-refractivity contribution in [3.05, 3.63) is 29.8 Å². The van der Waals surface area contributed by atoms with Gasteiger partial charge in [-0.1, -0.05) is 12.1 Å². The van der Waals surface area contributed by atoms with Gasteiger partial charge in [0.2, 0.25) is 0 Å². The highest BCUT2D eigenvalue weighted by Gasteiger charge is 2.11. The van der Waals surface area contributed by atoms with E-state index in [1.807, 2.05) is 18.9 Å². The first-order valence-electron chi connectivity index (χ1n) is 6.39. The van der Waals surface area contributed by atoms with Crippen LogP contribution < -0.4 is 10.6 Å². The van der Waals surface area contributed by atoms with Crippen LogP contribution >= 0.6 is 0 Å². The summed E-state index contributed by atoms with van der Waals surface area (Å²) in [6.45, 7) is 2.29. The minimum atomic E-state index is -2.97. The summed E-state index contributed by atoms with van der Waals surface area (Å²) >= 11 is 0. The van der Waals surface area contributed by atoms with E-state index in [2.05, 4.69) is 5.16 Å². The van der Waals surface area contributed by atoms with Crippen LogP contribution in [0.5, 0.6) is 0 Å². The first-order valence-corrected chi connectivity index (χ1v) is 8.21. The summed E-state index contributed by atoms with van der Waals surface area (Å²) in [5, 5.41) is 11.5. The molecule has 3 N–H and O–H groups in total. The van der Waals surface area contributed by atoms with Gasteiger partial charge in [0, 0.05) is 30.6 Å². The molecule has 0 aliphatic heterocycles. The molecule has 1 aromatic carbocycles. The minimum absolute atomic E-state index is 0.0460. The van der Waals surface area contributed by atoms with Crippen LogP contribution in [0, 0.1) is 0 Å². The van der Waals surface area contributed by atoms with Crippen LogP contribution in [0.2, 0.25) is 0 Å². The first-order chi connectivity index (χ1) is 9.39. The zero-order chi connectivity index (χ0) is 15.2. The number of hydrogen-bond donors (Lipinski definition) is 2. The largest absolute Gasteiger partial charge is 0.409 e. The van der Waals surface area contributed by atoms with Crippen LogP contribution in [0.25, 0.3) is 0 Å². The van der Waals surface area contributed by atoms with E-state index in [0.717, 1.165) is 5.69 Å². The number of nitrogens with two attached hydrogens (primary N) is 1. The molecule has 112 valence electrons. The van der Waals surface area contributed by atoms with E-state index in [-0.39, 0.29) is 17.3 Å². The Bertz CT molecular complexity index is 553. The summed E-state index contributed by atoms with van der Waals surface area (Å²) in [5.41, 5.74) is 6.97. The van der Waals surface area contributed by atoms with E-state index < -0.39 is 9.84 Å². The fourth-order valence-corrected chi connectivity index (χ4v) is 3.14. The molecule has 0 radical (unpaired) electrons. The van der Waals surface area contributed by atoms with Crippen molar-refractivity contribution in [2.45, 2.75) is 13.3 Å². The van der Waals surface area contributed by atoms with Gasteiger partial charge in [-0.25, -0.2) is 8.42 Å². The Morgan fingerprint density at radius 3 is 2.40 bits per heavy atom. The lowest BCUT2D eigenvalue weighted by Gasteiger charge is -2.19. The summed E-state index contributed by atoms with van der Waals surface area (Å²) in [4.78, 5) is 1.86. The zero-order valence-corrected chi connectivity index (χ0v) is 12.6. The van der Waals surface area contributed by atoms with Crippen LogP contribution in [0.15, 0.2) is 29.4 Å². The lowest BCUT2D eigenvalue weighted by Crippen LogP contribution is -2.26. The number of anilines is 1. The monoisotopic (exact) mass is 299 g/mol. The van der Waals surface area contributed by atoms with Gasteiger partial charge < -0.3 is 15.8 Å². The average molecular weight is 299 g/mol. The maximum atomic E-state index is 11.7. The molecule has 0 saturated carbocycles. The second-order valence-electron chi connectivity index (χ2n) is 4.61. The maximum absolute atomic E-state index is 11.7. The van der Waals surface area contributed by atoms with Gasteiger partial charge in [0.05, 0.1) is 5.75 Å². The normalized spacial score (nSPS) is 12.4. The van der Waals surface area contributed by atoms with Crippen LogP contribution in [0.3, 0.4) is 0 Å². The van der Waals surface area contributed by atoms with Crippen molar-refractivity contribution in [2.24, 2.45) is 10.9 Å². The lowest BCUT2D eigenvalue weighted by atomic mass is 10.2. The van der Waals surface area contributed by atoms with Crippen molar-refractivity contribution in [2.75, 3.05) is 30.0 Å². The summed E-state index contributed by atoms with van der Waals surface area (Å²) in [6.07, 6.45) is 0.639. The van der Waals surface area contributed by atoms with E-state index in [9.17, 15) is 8.42 Å². The Balaban J connectivity index is 2.67. The van der Waals surface area contributed by atoms with Gasteiger partial charge in [-0.05, 0) is 30.7 Å². The number of rotatable bonds is 7. The van der Waals surface area contributed by atoms with E-state index in [4.69, 9.17) is 10.9 Å². The number of hydrogen-bond acceptors (Lipinski definition) is 5. The van der Waals surface area contributed by atoms with Crippen molar-refractivity contribution in [1.82, 2.24) is 0 Å². The smallest absolute Gasteiger partial charge is 0.170 e. The van der Waals surface area contributed by atoms with Crippen molar-refractivity contribution in [3.63, 3.8) is 0 Å². The summed E-state index contributed by atoms with van der Waals surface area (Å²) in [6, 6.07) is 7.06. The standard InChI is InChI=1S/C13H21N3O3S/c1-3-9-20(18,19)10-8-16(2)12-6-4-11(5-7-12)13(14)15-17/h4-7,17H,3,8-10H2,1-2H3,(H2,14,15). The Morgan fingerprint density at radius 2 is 1.90 bits per heavy atom. The third kappa shape index (κ3) is 4.73. The number of oxime groups is 1. The summed E-state index contributed by atoms with van der Waals surface area (Å²) in [5.74, 6) is 0.410. The fraction of sp³-hybridized carbons (Fsp3) is 0.462. The lowest BCUT2D eigenvalue weighted by molar-refractivity contribution is 0.318. The average Bonchev–Trinajstić information content (AvgIpc) is 2.44. The van der Waals surface area contributed by atoms with E-state index in [0.29, 0.717) is 18.5 Å². The van der Waals surface area contributed by atoms with E-state index >= 15 is 0 Å². The third-order valence-corrected chi connectivity index (χ3v) is 4.80. The van der Waals surface area contributed by atoms with Gasteiger partial charge >= 0.3 is 0 Å². The second kappa shape index (κ2) is 7.14. The summed E-state index contributed by atoms with van der Waals surface area (Å²) in [7, 11) is -1.14. The summed E-state index contributed by atoms with van der Waals surface area (Å²) < 4.78 is 23.3. The van der Waals surface area contributed by atoms with Crippen molar-refractivity contribution < 1.29 is 13.6 Å². The van der Waals surface area contributed by atoms with E-state index in [1.54, 1.807) is 24.3 Å². The number of amidine groups is 1. The third-order valence-electron chi connectivity index (χ3n) is 2.96. The van der Waals surface area contributed by atoms with Crippen LogP contribution in [0.1, 0.15) is 18.9 Å². The van der Waals surface area contributed by atoms with Crippen molar-refractivity contribution in [3.8, 4) is 0 Å². The molecule has 1 aromatic rings. The SMILES string of the molecule is CCCS(=O)(=O)CCN(C)c1ccc(/C(N)=N/O)cc1. The molecule has 20 heavy (non-hydrogen) atoms. The topological polar surface area (TPSA) is 96.0 Å². The quantitative estimate of drug-likeness (QED) is 0.339. The molecule has 0 unspecified atom stereocenters. The molecule has 0 saturated heterocycles. The molecule has 0 aliphatic rings. The molecule has 0 aliphatic carbocycles. The van der Waals surface area contributed by atoms with Crippen molar-refractivity contribution in [1.29, 1.82) is 0 Å². The first kappa shape index (κ1) is 16.3. The number of sulfone groups is 1. The van der Waals surface area contributed by atoms with Crippen LogP contribution in [-0.4, -0.2) is 44.6 Å². The maximum Gasteiger partial charge on any atom is 0.170 e. The number of nitrogens with zero attached hydrogens (tertiary/aromatic N) is 2. The molecule has 0 fully saturated rings. The molecule has 0 amide bonds.